The van der Waals surface area contributed by atoms with Crippen LogP contribution in [0.4, 0.5) is 27.8 Å². The Bertz CT molecular complexity index is 1870. The summed E-state index contributed by atoms with van der Waals surface area (Å²) in [7, 11) is 0. The molecule has 6 rings (SSSR count). The summed E-state index contributed by atoms with van der Waals surface area (Å²) in [5.41, 5.74) is -1.44. The topological polar surface area (TPSA) is 67.7 Å². The van der Waals surface area contributed by atoms with E-state index in [1.807, 2.05) is 13.8 Å². The van der Waals surface area contributed by atoms with E-state index in [-0.39, 0.29) is 76.1 Å². The van der Waals surface area contributed by atoms with Crippen molar-refractivity contribution in [2.75, 3.05) is 23.7 Å². The lowest BCUT2D eigenvalue weighted by molar-refractivity contribution is -0.137. The molecule has 3 aromatic carbocycles. The van der Waals surface area contributed by atoms with E-state index in [1.165, 1.54) is 47.0 Å². The lowest BCUT2D eigenvalue weighted by atomic mass is 9.96. The van der Waals surface area contributed by atoms with E-state index in [4.69, 9.17) is 4.74 Å². The number of anilines is 1. The lowest BCUT2D eigenvalue weighted by Crippen LogP contribution is -2.58. The van der Waals surface area contributed by atoms with Crippen molar-refractivity contribution in [3.8, 4) is 16.9 Å². The number of carbonyl (C=O) groups is 1. The molecule has 0 spiro atoms. The number of carbonyl (C=O) groups excluding carboxylic acids is 1. The number of piperazine rings is 1. The average molecular weight is 657 g/mol. The minimum absolute atomic E-state index is 0.0391. The van der Waals surface area contributed by atoms with Crippen molar-refractivity contribution in [2.45, 2.75) is 49.7 Å². The molecule has 7 nitrogen and oxygen atoms in total. The molecule has 46 heavy (non-hydrogen) atoms. The fourth-order valence-corrected chi connectivity index (χ4v) is 7.57. The van der Waals surface area contributed by atoms with E-state index in [0.29, 0.717) is 5.75 Å². The maximum Gasteiger partial charge on any atom is 0.417 e. The molecule has 2 aliphatic heterocycles. The van der Waals surface area contributed by atoms with Gasteiger partial charge in [-0.1, -0.05) is 18.7 Å². The number of benzene rings is 3. The van der Waals surface area contributed by atoms with Crippen LogP contribution in [-0.2, 0) is 17.5 Å². The van der Waals surface area contributed by atoms with Gasteiger partial charge < -0.3 is 14.5 Å². The molecule has 2 aliphatic rings. The molecule has 0 saturated carbocycles. The van der Waals surface area contributed by atoms with Crippen LogP contribution in [0.3, 0.4) is 0 Å². The number of ether oxygens (including phenoxy) is 1. The minimum atomic E-state index is -4.82. The average Bonchev–Trinajstić information content (AvgIpc) is 3.20. The molecule has 1 fully saturated rings. The van der Waals surface area contributed by atoms with Gasteiger partial charge in [-0.15, -0.1) is 11.8 Å². The first-order chi connectivity index (χ1) is 21.8. The molecule has 0 N–H and O–H groups in total. The molecule has 1 amide bonds. The number of hydrogen-bond acceptors (Lipinski definition) is 6. The third kappa shape index (κ3) is 5.83. The molecule has 13 heteroatoms. The van der Waals surface area contributed by atoms with Crippen LogP contribution in [0.25, 0.3) is 22.0 Å². The first-order valence-electron chi connectivity index (χ1n) is 14.5. The summed E-state index contributed by atoms with van der Waals surface area (Å²) in [6.07, 6.45) is -4.30. The highest BCUT2D eigenvalue weighted by atomic mass is 32.2. The largest absolute Gasteiger partial charge is 0.488 e. The van der Waals surface area contributed by atoms with Crippen LogP contribution in [-0.4, -0.2) is 57.4 Å². The molecule has 0 unspecified atom stereocenters. The van der Waals surface area contributed by atoms with Gasteiger partial charge in [-0.2, -0.15) is 18.2 Å². The van der Waals surface area contributed by atoms with Crippen LogP contribution in [0.1, 0.15) is 19.4 Å². The van der Waals surface area contributed by atoms with Crippen LogP contribution in [0.5, 0.6) is 5.75 Å². The molecular formula is C33H29F5N4O3S. The molecular weight excluding hydrogens is 627 g/mol. The van der Waals surface area contributed by atoms with Crippen LogP contribution < -0.4 is 15.3 Å². The number of rotatable bonds is 5. The SMILES string of the molecule is C=CC(=O)N1[C@H](C)CN(c2nc(=O)n3c4c(c(-c5ccc(F)cc5)c(C(F)(F)F)cc24)SC[C@@H](Oc2ccc(F)cc2)C3)C[C@@H]1C. The second-order valence-corrected chi connectivity index (χ2v) is 12.4. The Hall–Kier alpha value is -4.39. The van der Waals surface area contributed by atoms with Crippen molar-refractivity contribution in [1.29, 1.82) is 0 Å². The molecule has 240 valence electrons. The van der Waals surface area contributed by atoms with Crippen molar-refractivity contribution >= 4 is 34.4 Å². The third-order valence-electron chi connectivity index (χ3n) is 8.20. The van der Waals surface area contributed by atoms with Crippen LogP contribution in [0.2, 0.25) is 0 Å². The number of nitrogens with zero attached hydrogens (tertiary/aromatic N) is 4. The number of amides is 1. The van der Waals surface area contributed by atoms with Gasteiger partial charge >= 0.3 is 11.9 Å². The van der Waals surface area contributed by atoms with E-state index >= 15 is 0 Å². The molecule has 0 radical (unpaired) electrons. The summed E-state index contributed by atoms with van der Waals surface area (Å²) in [4.78, 5) is 34.3. The Morgan fingerprint density at radius 1 is 1.00 bits per heavy atom. The van der Waals surface area contributed by atoms with Gasteiger partial charge in [0.15, 0.2) is 0 Å². The quantitative estimate of drug-likeness (QED) is 0.180. The Morgan fingerprint density at radius 3 is 2.20 bits per heavy atom. The Morgan fingerprint density at radius 2 is 1.61 bits per heavy atom. The number of halogens is 5. The molecule has 3 atom stereocenters. The normalized spacial score (nSPS) is 20.0. The monoisotopic (exact) mass is 656 g/mol. The third-order valence-corrected chi connectivity index (χ3v) is 9.43. The summed E-state index contributed by atoms with van der Waals surface area (Å²) >= 11 is 1.10. The molecule has 4 aromatic rings. The number of thioether (sulfide) groups is 1. The number of alkyl halides is 3. The Labute approximate surface area is 265 Å². The van der Waals surface area contributed by atoms with Crippen molar-refractivity contribution in [2.24, 2.45) is 0 Å². The Kier molecular flexibility index (Phi) is 8.30. The van der Waals surface area contributed by atoms with Gasteiger partial charge in [0, 0.05) is 46.8 Å². The van der Waals surface area contributed by atoms with Crippen molar-refractivity contribution in [1.82, 2.24) is 14.5 Å². The molecule has 3 heterocycles. The summed E-state index contributed by atoms with van der Waals surface area (Å²) < 4.78 is 79.7. The zero-order chi connectivity index (χ0) is 32.9. The summed E-state index contributed by atoms with van der Waals surface area (Å²) in [6, 6.07) is 10.4. The second-order valence-electron chi connectivity index (χ2n) is 11.4. The zero-order valence-corrected chi connectivity index (χ0v) is 25.7. The molecule has 1 saturated heterocycles. The maximum atomic E-state index is 14.9. The van der Waals surface area contributed by atoms with E-state index in [9.17, 15) is 31.5 Å². The van der Waals surface area contributed by atoms with Gasteiger partial charge in [-0.25, -0.2) is 13.6 Å². The molecule has 1 aromatic heterocycles. The van der Waals surface area contributed by atoms with Gasteiger partial charge in [0.2, 0.25) is 5.91 Å². The predicted molar refractivity (Wildman–Crippen MR) is 166 cm³/mol. The molecule has 0 bridgehead atoms. The van der Waals surface area contributed by atoms with Gasteiger partial charge in [0.25, 0.3) is 0 Å². The first-order valence-corrected chi connectivity index (χ1v) is 15.5. The summed E-state index contributed by atoms with van der Waals surface area (Å²) in [5, 5.41) is 0.116. The standard InChI is InChI=1S/C33H29F5N4O3S/c1-4-27(43)42-18(2)14-40(15-19(42)3)31-25-13-26(33(36,37)38)28(20-5-7-21(34)8-6-20)30-29(25)41(32(44)39-31)16-24(17-46-30)45-23-11-9-22(35)10-12-23/h4-13,18-19,24H,1,14-17H2,2-3H3/t18-,19+,24-/m0/s1. The highest BCUT2D eigenvalue weighted by Gasteiger charge is 2.40. The van der Waals surface area contributed by atoms with E-state index in [1.54, 1.807) is 9.80 Å². The van der Waals surface area contributed by atoms with E-state index < -0.39 is 35.2 Å². The van der Waals surface area contributed by atoms with Crippen molar-refractivity contribution in [3.05, 3.63) is 94.9 Å². The highest BCUT2D eigenvalue weighted by molar-refractivity contribution is 7.99. The van der Waals surface area contributed by atoms with Crippen molar-refractivity contribution < 1.29 is 31.5 Å². The minimum Gasteiger partial charge on any atom is -0.488 e. The smallest absolute Gasteiger partial charge is 0.417 e. The predicted octanol–water partition coefficient (Wildman–Crippen LogP) is 6.53. The fraction of sp³-hybridized carbons (Fsp3) is 0.303. The Balaban J connectivity index is 1.57. The van der Waals surface area contributed by atoms with Gasteiger partial charge in [-0.05, 0) is 68.0 Å². The maximum absolute atomic E-state index is 14.9. The van der Waals surface area contributed by atoms with Crippen molar-refractivity contribution in [3.63, 3.8) is 0 Å². The first kappa shape index (κ1) is 31.6. The summed E-state index contributed by atoms with van der Waals surface area (Å²) in [5.74, 6) is -0.782. The van der Waals surface area contributed by atoms with Crippen LogP contribution in [0.15, 0.2) is 76.9 Å². The number of aromatic nitrogens is 2. The number of hydrogen-bond donors (Lipinski definition) is 0. The van der Waals surface area contributed by atoms with Gasteiger partial charge in [-0.3, -0.25) is 9.36 Å². The van der Waals surface area contributed by atoms with Gasteiger partial charge in [0.05, 0.1) is 17.6 Å². The summed E-state index contributed by atoms with van der Waals surface area (Å²) in [6.45, 7) is 7.59. The lowest BCUT2D eigenvalue weighted by Gasteiger charge is -2.44. The van der Waals surface area contributed by atoms with E-state index in [0.717, 1.165) is 30.0 Å². The highest BCUT2D eigenvalue weighted by Crippen LogP contribution is 2.48. The fourth-order valence-electron chi connectivity index (χ4n) is 6.32. The van der Waals surface area contributed by atoms with Crippen LogP contribution >= 0.6 is 11.8 Å². The molecule has 0 aliphatic carbocycles. The second kappa shape index (κ2) is 12.1. The van der Waals surface area contributed by atoms with Gasteiger partial charge in [0.1, 0.15) is 29.3 Å². The van der Waals surface area contributed by atoms with E-state index in [2.05, 4.69) is 11.6 Å². The zero-order valence-electron chi connectivity index (χ0n) is 24.9. The van der Waals surface area contributed by atoms with Crippen LogP contribution in [0, 0.1) is 11.6 Å².